The molecule has 0 fully saturated rings. The van der Waals surface area contributed by atoms with Gasteiger partial charge in [0.2, 0.25) is 5.78 Å². The van der Waals surface area contributed by atoms with Gasteiger partial charge in [-0.3, -0.25) is 4.40 Å². The van der Waals surface area contributed by atoms with Crippen LogP contribution in [0.1, 0.15) is 12.6 Å². The third-order valence-electron chi connectivity index (χ3n) is 4.44. The standard InChI is InChI=1S/C20H22N4.2ClH/c1-4-23-16-12-8-9-13-17(16)24-18(14-22(2)3)19(21-20(23)24)15-10-6-5-7-11-15;;/h5-13H,4,14H2,1-3H3;2*1H. The van der Waals surface area contributed by atoms with E-state index >= 15 is 0 Å². The van der Waals surface area contributed by atoms with Crippen LogP contribution < -0.4 is 0 Å². The predicted molar refractivity (Wildman–Crippen MR) is 114 cm³/mol. The summed E-state index contributed by atoms with van der Waals surface area (Å²) in [4.78, 5) is 7.25. The number of imidazole rings is 2. The van der Waals surface area contributed by atoms with Gasteiger partial charge in [0, 0.05) is 18.7 Å². The average molecular weight is 391 g/mol. The van der Waals surface area contributed by atoms with Gasteiger partial charge in [-0.25, -0.2) is 4.98 Å². The van der Waals surface area contributed by atoms with Crippen LogP contribution in [0.5, 0.6) is 0 Å². The number of hydrogen-bond donors (Lipinski definition) is 0. The van der Waals surface area contributed by atoms with E-state index in [2.05, 4.69) is 83.4 Å². The van der Waals surface area contributed by atoms with Crippen LogP contribution in [0.2, 0.25) is 0 Å². The van der Waals surface area contributed by atoms with Gasteiger partial charge in [0.15, 0.2) is 0 Å². The second-order valence-electron chi connectivity index (χ2n) is 6.38. The third kappa shape index (κ3) is 3.20. The molecule has 0 unspecified atom stereocenters. The van der Waals surface area contributed by atoms with Crippen molar-refractivity contribution in [2.75, 3.05) is 14.1 Å². The first-order valence-electron chi connectivity index (χ1n) is 8.39. The minimum Gasteiger partial charge on any atom is -0.310 e. The Morgan fingerprint density at radius 3 is 2.12 bits per heavy atom. The van der Waals surface area contributed by atoms with Crippen LogP contribution in [0.3, 0.4) is 0 Å². The molecule has 6 heteroatoms. The number of hydrogen-bond acceptors (Lipinski definition) is 2. The fourth-order valence-electron chi connectivity index (χ4n) is 3.45. The number of benzene rings is 2. The topological polar surface area (TPSA) is 25.5 Å². The molecule has 138 valence electrons. The molecule has 4 nitrogen and oxygen atoms in total. The van der Waals surface area contributed by atoms with Crippen molar-refractivity contribution in [2.24, 2.45) is 0 Å². The first kappa shape index (κ1) is 20.3. The average Bonchev–Trinajstić information content (AvgIpc) is 3.10. The molecule has 2 aromatic heterocycles. The largest absolute Gasteiger partial charge is 0.310 e. The molecular formula is C20H24Cl2N4. The molecule has 0 atom stereocenters. The summed E-state index contributed by atoms with van der Waals surface area (Å²) in [6.07, 6.45) is 0. The van der Waals surface area contributed by atoms with Crippen LogP contribution in [0, 0.1) is 0 Å². The molecule has 0 aliphatic carbocycles. The maximum Gasteiger partial charge on any atom is 0.215 e. The van der Waals surface area contributed by atoms with Crippen molar-refractivity contribution in [3.63, 3.8) is 0 Å². The first-order chi connectivity index (χ1) is 11.7. The summed E-state index contributed by atoms with van der Waals surface area (Å²) in [6.45, 7) is 3.93. The van der Waals surface area contributed by atoms with E-state index in [0.717, 1.165) is 24.6 Å². The minimum absolute atomic E-state index is 0. The molecule has 0 N–H and O–H groups in total. The maximum atomic E-state index is 5.04. The fourth-order valence-corrected chi connectivity index (χ4v) is 3.45. The predicted octanol–water partition coefficient (Wildman–Crippen LogP) is 4.88. The van der Waals surface area contributed by atoms with Crippen LogP contribution in [0.25, 0.3) is 28.1 Å². The molecule has 26 heavy (non-hydrogen) atoms. The summed E-state index contributed by atoms with van der Waals surface area (Å²) < 4.78 is 4.61. The van der Waals surface area contributed by atoms with Gasteiger partial charge in [-0.2, -0.15) is 0 Å². The second-order valence-corrected chi connectivity index (χ2v) is 6.38. The molecular weight excluding hydrogens is 367 g/mol. The van der Waals surface area contributed by atoms with E-state index in [4.69, 9.17) is 4.98 Å². The monoisotopic (exact) mass is 390 g/mol. The SMILES string of the molecule is CCn1c2ccccc2n2c(CN(C)C)c(-c3ccccc3)nc12.Cl.Cl. The number of halogens is 2. The van der Waals surface area contributed by atoms with E-state index in [9.17, 15) is 0 Å². The molecule has 0 spiro atoms. The number of nitrogens with zero attached hydrogens (tertiary/aromatic N) is 4. The highest BCUT2D eigenvalue weighted by molar-refractivity contribution is 5.86. The molecule has 0 saturated heterocycles. The molecule has 0 saturated carbocycles. The Bertz CT molecular complexity index is 1000. The van der Waals surface area contributed by atoms with Gasteiger partial charge >= 0.3 is 0 Å². The minimum atomic E-state index is 0. The molecule has 0 amide bonds. The number of fused-ring (bicyclic) bond motifs is 3. The van der Waals surface area contributed by atoms with Gasteiger partial charge in [-0.05, 0) is 33.2 Å². The lowest BCUT2D eigenvalue weighted by Crippen LogP contribution is -2.13. The maximum absolute atomic E-state index is 5.04. The molecule has 0 bridgehead atoms. The van der Waals surface area contributed by atoms with Crippen molar-refractivity contribution in [2.45, 2.75) is 20.0 Å². The Labute approximate surface area is 166 Å². The Morgan fingerprint density at radius 2 is 1.50 bits per heavy atom. The van der Waals surface area contributed by atoms with Gasteiger partial charge in [-0.15, -0.1) is 24.8 Å². The quantitative estimate of drug-likeness (QED) is 0.495. The van der Waals surface area contributed by atoms with Crippen LogP contribution in [0.15, 0.2) is 54.6 Å². The second kappa shape index (κ2) is 8.12. The highest BCUT2D eigenvalue weighted by Crippen LogP contribution is 2.30. The molecule has 0 aliphatic rings. The number of para-hydroxylation sites is 2. The van der Waals surface area contributed by atoms with E-state index < -0.39 is 0 Å². The van der Waals surface area contributed by atoms with Gasteiger partial charge in [0.25, 0.3) is 0 Å². The van der Waals surface area contributed by atoms with Crippen LogP contribution in [0.4, 0.5) is 0 Å². The zero-order chi connectivity index (χ0) is 16.7. The van der Waals surface area contributed by atoms with Crippen LogP contribution in [-0.2, 0) is 13.1 Å². The van der Waals surface area contributed by atoms with Gasteiger partial charge in [-0.1, -0.05) is 42.5 Å². The van der Waals surface area contributed by atoms with E-state index in [-0.39, 0.29) is 24.8 Å². The zero-order valence-electron chi connectivity index (χ0n) is 15.2. The molecule has 0 radical (unpaired) electrons. The Kier molecular flexibility index (Phi) is 6.34. The van der Waals surface area contributed by atoms with Crippen molar-refractivity contribution in [3.8, 4) is 11.3 Å². The molecule has 4 rings (SSSR count). The molecule has 2 aromatic carbocycles. The Morgan fingerprint density at radius 1 is 0.885 bits per heavy atom. The van der Waals surface area contributed by atoms with Crippen molar-refractivity contribution in [3.05, 3.63) is 60.3 Å². The number of aromatic nitrogens is 3. The summed E-state index contributed by atoms with van der Waals surface area (Å²) in [5.41, 5.74) is 5.95. The van der Waals surface area contributed by atoms with Crippen molar-refractivity contribution in [1.29, 1.82) is 0 Å². The summed E-state index contributed by atoms with van der Waals surface area (Å²) in [5.74, 6) is 1.02. The lowest BCUT2D eigenvalue weighted by molar-refractivity contribution is 0.397. The smallest absolute Gasteiger partial charge is 0.215 e. The van der Waals surface area contributed by atoms with Crippen molar-refractivity contribution >= 4 is 41.6 Å². The van der Waals surface area contributed by atoms with E-state index in [1.165, 1.54) is 22.3 Å². The molecule has 0 aliphatic heterocycles. The highest BCUT2D eigenvalue weighted by Gasteiger charge is 2.20. The van der Waals surface area contributed by atoms with Gasteiger partial charge in [0.05, 0.1) is 22.4 Å². The molecule has 4 aromatic rings. The van der Waals surface area contributed by atoms with Crippen LogP contribution in [-0.4, -0.2) is 32.9 Å². The summed E-state index contributed by atoms with van der Waals surface area (Å²) in [5, 5.41) is 0. The van der Waals surface area contributed by atoms with E-state index in [1.54, 1.807) is 0 Å². The number of rotatable bonds is 4. The van der Waals surface area contributed by atoms with Crippen molar-refractivity contribution in [1.82, 2.24) is 18.9 Å². The first-order valence-corrected chi connectivity index (χ1v) is 8.39. The van der Waals surface area contributed by atoms with E-state index in [0.29, 0.717) is 0 Å². The van der Waals surface area contributed by atoms with E-state index in [1.807, 2.05) is 6.07 Å². The Balaban J connectivity index is 0.00000121. The van der Waals surface area contributed by atoms with Crippen LogP contribution >= 0.6 is 24.8 Å². The zero-order valence-corrected chi connectivity index (χ0v) is 16.8. The van der Waals surface area contributed by atoms with Gasteiger partial charge in [0.1, 0.15) is 0 Å². The highest BCUT2D eigenvalue weighted by atomic mass is 35.5. The normalized spacial score (nSPS) is 10.9. The molecule has 2 heterocycles. The Hall–Kier alpha value is -2.01. The lowest BCUT2D eigenvalue weighted by Gasteiger charge is -2.11. The lowest BCUT2D eigenvalue weighted by atomic mass is 10.1. The third-order valence-corrected chi connectivity index (χ3v) is 4.44. The van der Waals surface area contributed by atoms with Gasteiger partial charge < -0.3 is 9.47 Å². The fraction of sp³-hybridized carbons (Fsp3) is 0.250. The number of aryl methyl sites for hydroxylation is 1. The summed E-state index contributed by atoms with van der Waals surface area (Å²) in [6, 6.07) is 19.0. The summed E-state index contributed by atoms with van der Waals surface area (Å²) >= 11 is 0. The summed E-state index contributed by atoms with van der Waals surface area (Å²) in [7, 11) is 4.21. The van der Waals surface area contributed by atoms with Crippen molar-refractivity contribution < 1.29 is 0 Å².